The summed E-state index contributed by atoms with van der Waals surface area (Å²) < 4.78 is 0. The van der Waals surface area contributed by atoms with Gasteiger partial charge in [0.05, 0.1) is 0 Å². The van der Waals surface area contributed by atoms with Crippen molar-refractivity contribution in [3.8, 4) is 0 Å². The SMILES string of the molecule is Cc1ccc(CP(C)C)c(C)c1. The van der Waals surface area contributed by atoms with Crippen LogP contribution in [0, 0.1) is 13.8 Å². The second-order valence-corrected chi connectivity index (χ2v) is 6.14. The molecule has 0 aliphatic rings. The Bertz CT molecular complexity index is 264. The van der Waals surface area contributed by atoms with E-state index in [1.807, 2.05) is 0 Å². The summed E-state index contributed by atoms with van der Waals surface area (Å²) in [5, 5.41) is 0. The average Bonchev–Trinajstić information content (AvgIpc) is 1.94. The van der Waals surface area contributed by atoms with E-state index < -0.39 is 0 Å². The molecule has 12 heavy (non-hydrogen) atoms. The molecule has 0 aromatic heterocycles. The molecule has 0 unspecified atom stereocenters. The minimum absolute atomic E-state index is 0.197. The summed E-state index contributed by atoms with van der Waals surface area (Å²) in [5.74, 6) is 0. The fourth-order valence-electron chi connectivity index (χ4n) is 1.36. The lowest BCUT2D eigenvalue weighted by Crippen LogP contribution is -1.88. The van der Waals surface area contributed by atoms with E-state index in [9.17, 15) is 0 Å². The van der Waals surface area contributed by atoms with Gasteiger partial charge in [-0.15, -0.1) is 7.92 Å². The normalized spacial score (nSPS) is 10.8. The molecule has 0 atom stereocenters. The first-order chi connectivity index (χ1) is 5.59. The van der Waals surface area contributed by atoms with Crippen LogP contribution in [-0.4, -0.2) is 13.3 Å². The van der Waals surface area contributed by atoms with Gasteiger partial charge >= 0.3 is 0 Å². The van der Waals surface area contributed by atoms with E-state index >= 15 is 0 Å². The lowest BCUT2D eigenvalue weighted by Gasteiger charge is -2.09. The summed E-state index contributed by atoms with van der Waals surface area (Å²) in [6.07, 6.45) is 1.27. The molecule has 0 N–H and O–H groups in total. The molecule has 0 saturated carbocycles. The Labute approximate surface area is 76.8 Å². The number of hydrogen-bond acceptors (Lipinski definition) is 0. The molecule has 0 nitrogen and oxygen atoms in total. The second kappa shape index (κ2) is 4.05. The van der Waals surface area contributed by atoms with E-state index in [2.05, 4.69) is 45.4 Å². The van der Waals surface area contributed by atoms with Crippen LogP contribution < -0.4 is 0 Å². The molecule has 0 spiro atoms. The maximum atomic E-state index is 2.33. The van der Waals surface area contributed by atoms with Gasteiger partial charge in [0.15, 0.2) is 0 Å². The van der Waals surface area contributed by atoms with Gasteiger partial charge in [-0.3, -0.25) is 0 Å². The predicted octanol–water partition coefficient (Wildman–Crippen LogP) is 3.54. The summed E-state index contributed by atoms with van der Waals surface area (Å²) in [5.41, 5.74) is 4.34. The van der Waals surface area contributed by atoms with Crippen molar-refractivity contribution in [2.75, 3.05) is 13.3 Å². The molecule has 0 amide bonds. The third kappa shape index (κ3) is 2.60. The molecule has 1 heteroatoms. The van der Waals surface area contributed by atoms with E-state index in [1.54, 1.807) is 0 Å². The molecular formula is C11H17P. The number of benzene rings is 1. The third-order valence-electron chi connectivity index (χ3n) is 1.98. The van der Waals surface area contributed by atoms with Gasteiger partial charge in [-0.2, -0.15) is 0 Å². The van der Waals surface area contributed by atoms with Crippen molar-refractivity contribution in [2.45, 2.75) is 20.0 Å². The highest BCUT2D eigenvalue weighted by Gasteiger charge is 2.00. The molecule has 1 aromatic rings. The van der Waals surface area contributed by atoms with Gasteiger partial charge in [0.1, 0.15) is 0 Å². The maximum Gasteiger partial charge on any atom is -0.00754 e. The summed E-state index contributed by atoms with van der Waals surface area (Å²) in [6.45, 7) is 9.02. The van der Waals surface area contributed by atoms with Crippen LogP contribution in [0.25, 0.3) is 0 Å². The molecule has 1 rings (SSSR count). The molecule has 0 aliphatic carbocycles. The Kier molecular flexibility index (Phi) is 3.29. The Morgan fingerprint density at radius 3 is 2.33 bits per heavy atom. The number of hydrogen-bond donors (Lipinski definition) is 0. The number of rotatable bonds is 2. The molecule has 0 bridgehead atoms. The summed E-state index contributed by atoms with van der Waals surface area (Å²) >= 11 is 0. The minimum atomic E-state index is 0.197. The largest absolute Gasteiger partial charge is 0.109 e. The van der Waals surface area contributed by atoms with Gasteiger partial charge < -0.3 is 0 Å². The molecule has 0 heterocycles. The monoisotopic (exact) mass is 180 g/mol. The van der Waals surface area contributed by atoms with Crippen molar-refractivity contribution >= 4 is 7.92 Å². The van der Waals surface area contributed by atoms with Crippen molar-refractivity contribution < 1.29 is 0 Å². The topological polar surface area (TPSA) is 0 Å². The first-order valence-corrected chi connectivity index (χ1v) is 6.72. The van der Waals surface area contributed by atoms with Crippen molar-refractivity contribution in [3.63, 3.8) is 0 Å². The zero-order chi connectivity index (χ0) is 9.14. The highest BCUT2D eigenvalue weighted by Crippen LogP contribution is 2.31. The number of aryl methyl sites for hydroxylation is 2. The van der Waals surface area contributed by atoms with Gasteiger partial charge in [-0.05, 0) is 44.5 Å². The van der Waals surface area contributed by atoms with Gasteiger partial charge in [0.2, 0.25) is 0 Å². The molecule has 0 saturated heterocycles. The molecule has 66 valence electrons. The van der Waals surface area contributed by atoms with Crippen molar-refractivity contribution in [1.29, 1.82) is 0 Å². The van der Waals surface area contributed by atoms with Crippen LogP contribution in [-0.2, 0) is 6.16 Å². The van der Waals surface area contributed by atoms with Crippen LogP contribution in [0.2, 0.25) is 0 Å². The zero-order valence-electron chi connectivity index (χ0n) is 8.39. The first kappa shape index (κ1) is 9.74. The van der Waals surface area contributed by atoms with E-state index in [-0.39, 0.29) is 7.92 Å². The average molecular weight is 180 g/mol. The summed E-state index contributed by atoms with van der Waals surface area (Å²) in [4.78, 5) is 0. The summed E-state index contributed by atoms with van der Waals surface area (Å²) in [6, 6.07) is 6.75. The Hall–Kier alpha value is -0.350. The molecule has 0 aliphatic heterocycles. The van der Waals surface area contributed by atoms with Crippen LogP contribution in [0.3, 0.4) is 0 Å². The standard InChI is InChI=1S/C11H17P/c1-9-5-6-11(8-12(3)4)10(2)7-9/h5-7H,8H2,1-4H3. The predicted molar refractivity (Wildman–Crippen MR) is 58.4 cm³/mol. The van der Waals surface area contributed by atoms with Crippen LogP contribution in [0.1, 0.15) is 16.7 Å². The van der Waals surface area contributed by atoms with Crippen LogP contribution in [0.15, 0.2) is 18.2 Å². The third-order valence-corrected chi connectivity index (χ3v) is 2.96. The van der Waals surface area contributed by atoms with E-state index in [0.717, 1.165) is 0 Å². The summed E-state index contributed by atoms with van der Waals surface area (Å²) in [7, 11) is 0.197. The Morgan fingerprint density at radius 2 is 1.83 bits per heavy atom. The van der Waals surface area contributed by atoms with E-state index in [4.69, 9.17) is 0 Å². The fourth-order valence-corrected chi connectivity index (χ4v) is 2.40. The quantitative estimate of drug-likeness (QED) is 0.610. The van der Waals surface area contributed by atoms with E-state index in [0.29, 0.717) is 0 Å². The van der Waals surface area contributed by atoms with Crippen molar-refractivity contribution in [3.05, 3.63) is 34.9 Å². The fraction of sp³-hybridized carbons (Fsp3) is 0.455. The molecule has 0 fully saturated rings. The lowest BCUT2D eigenvalue weighted by atomic mass is 10.1. The van der Waals surface area contributed by atoms with Gasteiger partial charge in [-0.1, -0.05) is 23.8 Å². The lowest BCUT2D eigenvalue weighted by molar-refractivity contribution is 1.27. The van der Waals surface area contributed by atoms with Crippen LogP contribution in [0.4, 0.5) is 0 Å². The Morgan fingerprint density at radius 1 is 1.17 bits per heavy atom. The highest BCUT2D eigenvalue weighted by molar-refractivity contribution is 7.55. The smallest absolute Gasteiger partial charge is 0.00754 e. The van der Waals surface area contributed by atoms with Crippen molar-refractivity contribution in [2.24, 2.45) is 0 Å². The molecule has 1 aromatic carbocycles. The molecule has 0 radical (unpaired) electrons. The maximum absolute atomic E-state index is 2.33. The van der Waals surface area contributed by atoms with Crippen molar-refractivity contribution in [1.82, 2.24) is 0 Å². The van der Waals surface area contributed by atoms with Crippen LogP contribution >= 0.6 is 7.92 Å². The second-order valence-electron chi connectivity index (χ2n) is 3.67. The van der Waals surface area contributed by atoms with E-state index in [1.165, 1.54) is 22.9 Å². The zero-order valence-corrected chi connectivity index (χ0v) is 9.28. The van der Waals surface area contributed by atoms with Gasteiger partial charge in [0.25, 0.3) is 0 Å². The first-order valence-electron chi connectivity index (χ1n) is 4.30. The highest BCUT2D eigenvalue weighted by atomic mass is 31.1. The van der Waals surface area contributed by atoms with Crippen LogP contribution in [0.5, 0.6) is 0 Å². The Balaban J connectivity index is 2.86. The minimum Gasteiger partial charge on any atom is -0.109 e. The van der Waals surface area contributed by atoms with Gasteiger partial charge in [0, 0.05) is 0 Å². The molecular weight excluding hydrogens is 163 g/mol. The van der Waals surface area contributed by atoms with Gasteiger partial charge in [-0.25, -0.2) is 0 Å².